The monoisotopic (exact) mass is 202 g/mol. The highest BCUT2D eigenvalue weighted by atomic mass is 16.5. The molecule has 0 aromatic rings. The van der Waals surface area contributed by atoms with Crippen LogP contribution in [0.15, 0.2) is 0 Å². The van der Waals surface area contributed by atoms with Gasteiger partial charge in [-0.2, -0.15) is 0 Å². The lowest BCUT2D eigenvalue weighted by molar-refractivity contribution is 0.150. The minimum Gasteiger partial charge on any atom is -0.450 e. The van der Waals surface area contributed by atoms with E-state index in [2.05, 4.69) is 26.1 Å². The lowest BCUT2D eigenvalue weighted by Gasteiger charge is -2.23. The molecule has 0 bridgehead atoms. The van der Waals surface area contributed by atoms with Gasteiger partial charge in [0.1, 0.15) is 0 Å². The second-order valence-corrected chi connectivity index (χ2v) is 4.63. The van der Waals surface area contributed by atoms with Crippen LogP contribution < -0.4 is 11.1 Å². The van der Waals surface area contributed by atoms with Crippen molar-refractivity contribution in [1.29, 1.82) is 0 Å². The first-order chi connectivity index (χ1) is 6.35. The van der Waals surface area contributed by atoms with E-state index in [-0.39, 0.29) is 11.5 Å². The third-order valence-electron chi connectivity index (χ3n) is 1.66. The van der Waals surface area contributed by atoms with Gasteiger partial charge < -0.3 is 15.8 Å². The zero-order valence-electron chi connectivity index (χ0n) is 9.59. The van der Waals surface area contributed by atoms with Gasteiger partial charge in [0.15, 0.2) is 0 Å². The summed E-state index contributed by atoms with van der Waals surface area (Å²) in [7, 11) is 0. The van der Waals surface area contributed by atoms with Gasteiger partial charge in [-0.15, -0.1) is 0 Å². The fraction of sp³-hybridized carbons (Fsp3) is 0.900. The van der Waals surface area contributed by atoms with Crippen LogP contribution in [0.3, 0.4) is 0 Å². The number of ether oxygens (including phenoxy) is 1. The molecule has 1 amide bonds. The summed E-state index contributed by atoms with van der Waals surface area (Å²) in [6.45, 7) is 9.00. The van der Waals surface area contributed by atoms with Gasteiger partial charge in [0.25, 0.3) is 0 Å². The molecule has 0 spiro atoms. The lowest BCUT2D eigenvalue weighted by Crippen LogP contribution is -2.39. The SMILES string of the molecule is CCOC(=O)NCC(N)CC(C)(C)C. The predicted octanol–water partition coefficient (Wildman–Crippen LogP) is 1.50. The second-order valence-electron chi connectivity index (χ2n) is 4.63. The van der Waals surface area contributed by atoms with Gasteiger partial charge in [-0.25, -0.2) is 4.79 Å². The first-order valence-corrected chi connectivity index (χ1v) is 5.01. The summed E-state index contributed by atoms with van der Waals surface area (Å²) >= 11 is 0. The molecule has 0 fully saturated rings. The maximum Gasteiger partial charge on any atom is 0.407 e. The summed E-state index contributed by atoms with van der Waals surface area (Å²) in [5, 5.41) is 2.62. The van der Waals surface area contributed by atoms with Crippen LogP contribution in [0.1, 0.15) is 34.1 Å². The molecular formula is C10H22N2O2. The maximum atomic E-state index is 10.9. The first kappa shape index (κ1) is 13.2. The van der Waals surface area contributed by atoms with Gasteiger partial charge in [0.2, 0.25) is 0 Å². The number of amides is 1. The predicted molar refractivity (Wildman–Crippen MR) is 57.1 cm³/mol. The molecule has 4 nitrogen and oxygen atoms in total. The second kappa shape index (κ2) is 5.86. The zero-order chi connectivity index (χ0) is 11.2. The quantitative estimate of drug-likeness (QED) is 0.726. The highest BCUT2D eigenvalue weighted by Gasteiger charge is 2.16. The normalized spacial score (nSPS) is 13.5. The van der Waals surface area contributed by atoms with E-state index in [1.807, 2.05) is 0 Å². The van der Waals surface area contributed by atoms with Crippen molar-refractivity contribution in [3.05, 3.63) is 0 Å². The molecule has 84 valence electrons. The molecular weight excluding hydrogens is 180 g/mol. The molecule has 0 radical (unpaired) electrons. The highest BCUT2D eigenvalue weighted by Crippen LogP contribution is 2.19. The van der Waals surface area contributed by atoms with Gasteiger partial charge in [-0.05, 0) is 18.8 Å². The average molecular weight is 202 g/mol. The number of alkyl carbamates (subject to hydrolysis) is 1. The van der Waals surface area contributed by atoms with E-state index in [0.29, 0.717) is 13.2 Å². The number of hydrogen-bond donors (Lipinski definition) is 2. The molecule has 3 N–H and O–H groups in total. The van der Waals surface area contributed by atoms with E-state index in [1.165, 1.54) is 0 Å². The van der Waals surface area contributed by atoms with E-state index < -0.39 is 6.09 Å². The van der Waals surface area contributed by atoms with Crippen LogP contribution in [0.25, 0.3) is 0 Å². The van der Waals surface area contributed by atoms with E-state index in [4.69, 9.17) is 10.5 Å². The van der Waals surface area contributed by atoms with Crippen molar-refractivity contribution < 1.29 is 9.53 Å². The zero-order valence-corrected chi connectivity index (χ0v) is 9.59. The molecule has 0 rings (SSSR count). The Labute approximate surface area is 86.2 Å². The summed E-state index contributed by atoms with van der Waals surface area (Å²) in [4.78, 5) is 10.9. The van der Waals surface area contributed by atoms with Crippen molar-refractivity contribution in [1.82, 2.24) is 5.32 Å². The van der Waals surface area contributed by atoms with Crippen molar-refractivity contribution in [3.63, 3.8) is 0 Å². The number of nitrogens with two attached hydrogens (primary N) is 1. The molecule has 14 heavy (non-hydrogen) atoms. The van der Waals surface area contributed by atoms with E-state index in [1.54, 1.807) is 6.92 Å². The molecule has 0 aliphatic heterocycles. The van der Waals surface area contributed by atoms with E-state index >= 15 is 0 Å². The molecule has 0 saturated carbocycles. The largest absolute Gasteiger partial charge is 0.450 e. The average Bonchev–Trinajstić information content (AvgIpc) is 1.98. The summed E-state index contributed by atoms with van der Waals surface area (Å²) in [6.07, 6.45) is 0.483. The first-order valence-electron chi connectivity index (χ1n) is 5.01. The lowest BCUT2D eigenvalue weighted by atomic mass is 9.88. The highest BCUT2D eigenvalue weighted by molar-refractivity contribution is 5.67. The van der Waals surface area contributed by atoms with Crippen molar-refractivity contribution in [2.24, 2.45) is 11.1 Å². The van der Waals surface area contributed by atoms with E-state index in [9.17, 15) is 4.79 Å². The Bertz CT molecular complexity index is 175. The van der Waals surface area contributed by atoms with Crippen molar-refractivity contribution in [2.45, 2.75) is 40.2 Å². The Balaban J connectivity index is 3.63. The smallest absolute Gasteiger partial charge is 0.407 e. The van der Waals surface area contributed by atoms with Crippen LogP contribution in [0.2, 0.25) is 0 Å². The fourth-order valence-corrected chi connectivity index (χ4v) is 1.26. The van der Waals surface area contributed by atoms with Crippen molar-refractivity contribution >= 4 is 6.09 Å². The third-order valence-corrected chi connectivity index (χ3v) is 1.66. The van der Waals surface area contributed by atoms with Crippen molar-refractivity contribution in [2.75, 3.05) is 13.2 Å². The number of carbonyl (C=O) groups is 1. The molecule has 0 aromatic carbocycles. The number of hydrogen-bond acceptors (Lipinski definition) is 3. The summed E-state index contributed by atoms with van der Waals surface area (Å²) in [6, 6.07) is -0.0144. The van der Waals surface area contributed by atoms with Crippen LogP contribution in [0.5, 0.6) is 0 Å². The van der Waals surface area contributed by atoms with Gasteiger partial charge in [0.05, 0.1) is 6.61 Å². The Morgan fingerprint density at radius 2 is 2.07 bits per heavy atom. The topological polar surface area (TPSA) is 64.3 Å². The Kier molecular flexibility index (Phi) is 5.53. The molecule has 0 aliphatic rings. The molecule has 0 aromatic heterocycles. The van der Waals surface area contributed by atoms with Crippen LogP contribution in [-0.4, -0.2) is 25.3 Å². The Morgan fingerprint density at radius 3 is 2.50 bits per heavy atom. The van der Waals surface area contributed by atoms with Gasteiger partial charge in [-0.3, -0.25) is 0 Å². The maximum absolute atomic E-state index is 10.9. The molecule has 1 unspecified atom stereocenters. The minimum absolute atomic E-state index is 0.0144. The molecule has 0 heterocycles. The van der Waals surface area contributed by atoms with Gasteiger partial charge in [-0.1, -0.05) is 20.8 Å². The Hall–Kier alpha value is -0.770. The van der Waals surface area contributed by atoms with Crippen LogP contribution in [-0.2, 0) is 4.74 Å². The summed E-state index contributed by atoms with van der Waals surface area (Å²) in [5.41, 5.74) is 6.02. The third kappa shape index (κ3) is 7.86. The Morgan fingerprint density at radius 1 is 1.50 bits per heavy atom. The fourth-order valence-electron chi connectivity index (χ4n) is 1.26. The van der Waals surface area contributed by atoms with Gasteiger partial charge >= 0.3 is 6.09 Å². The minimum atomic E-state index is -0.392. The molecule has 4 heteroatoms. The van der Waals surface area contributed by atoms with Crippen LogP contribution in [0.4, 0.5) is 4.79 Å². The standard InChI is InChI=1S/C10H22N2O2/c1-5-14-9(13)12-7-8(11)6-10(2,3)4/h8H,5-7,11H2,1-4H3,(H,12,13). The summed E-state index contributed by atoms with van der Waals surface area (Å²) in [5.74, 6) is 0. The number of nitrogens with one attached hydrogen (secondary N) is 1. The van der Waals surface area contributed by atoms with Crippen LogP contribution >= 0.6 is 0 Å². The molecule has 1 atom stereocenters. The van der Waals surface area contributed by atoms with Crippen molar-refractivity contribution in [3.8, 4) is 0 Å². The van der Waals surface area contributed by atoms with Gasteiger partial charge in [0, 0.05) is 12.6 Å². The molecule has 0 aliphatic carbocycles. The molecule has 0 saturated heterocycles. The number of rotatable bonds is 4. The summed E-state index contributed by atoms with van der Waals surface area (Å²) < 4.78 is 4.72. The number of carbonyl (C=O) groups excluding carboxylic acids is 1. The van der Waals surface area contributed by atoms with E-state index in [0.717, 1.165) is 6.42 Å². The van der Waals surface area contributed by atoms with Crippen LogP contribution in [0, 0.1) is 5.41 Å².